The summed E-state index contributed by atoms with van der Waals surface area (Å²) >= 11 is 0. The van der Waals surface area contributed by atoms with Crippen LogP contribution in [0.15, 0.2) is 0 Å². The zero-order valence-corrected chi connectivity index (χ0v) is 6.20. The van der Waals surface area contributed by atoms with E-state index in [0.29, 0.717) is 12.8 Å². The maximum atomic E-state index is 9.28. The summed E-state index contributed by atoms with van der Waals surface area (Å²) < 4.78 is 0. The number of rotatable bonds is 0. The summed E-state index contributed by atoms with van der Waals surface area (Å²) in [5.74, 6) is 0.128. The van der Waals surface area contributed by atoms with Gasteiger partial charge in [0.25, 0.3) is 0 Å². The van der Waals surface area contributed by atoms with E-state index in [2.05, 4.69) is 0 Å². The first-order valence-corrected chi connectivity index (χ1v) is 3.73. The molecule has 3 heteroatoms. The van der Waals surface area contributed by atoms with Crippen LogP contribution in [-0.4, -0.2) is 28.5 Å². The molecule has 0 aromatic carbocycles. The van der Waals surface area contributed by atoms with Gasteiger partial charge in [0.2, 0.25) is 0 Å². The summed E-state index contributed by atoms with van der Waals surface area (Å²) in [5, 5.41) is 18.4. The highest BCUT2D eigenvalue weighted by Crippen LogP contribution is 2.22. The molecular weight excluding hydrogens is 130 g/mol. The van der Waals surface area contributed by atoms with Crippen LogP contribution in [-0.2, 0) is 0 Å². The highest BCUT2D eigenvalue weighted by Gasteiger charge is 2.30. The molecule has 4 atom stereocenters. The van der Waals surface area contributed by atoms with Crippen LogP contribution in [0.3, 0.4) is 0 Å². The van der Waals surface area contributed by atoms with Gasteiger partial charge in [0.05, 0.1) is 12.2 Å². The Bertz CT molecular complexity index is 106. The lowest BCUT2D eigenvalue weighted by Crippen LogP contribution is -2.45. The fraction of sp³-hybridized carbons (Fsp3) is 1.00. The molecule has 1 aliphatic rings. The summed E-state index contributed by atoms with van der Waals surface area (Å²) in [5.41, 5.74) is 5.64. The minimum absolute atomic E-state index is 0.0428. The molecule has 0 aromatic heterocycles. The largest absolute Gasteiger partial charge is 0.393 e. The molecule has 0 radical (unpaired) electrons. The Labute approximate surface area is 60.9 Å². The lowest BCUT2D eigenvalue weighted by Gasteiger charge is -2.33. The summed E-state index contributed by atoms with van der Waals surface area (Å²) in [6.07, 6.45) is 0.285. The predicted molar refractivity (Wildman–Crippen MR) is 38.4 cm³/mol. The van der Waals surface area contributed by atoms with Crippen molar-refractivity contribution in [3.05, 3.63) is 0 Å². The third-order valence-corrected chi connectivity index (χ3v) is 2.34. The SMILES string of the molecule is CC1C(N)CC(O)CC1O. The van der Waals surface area contributed by atoms with Crippen LogP contribution in [0.25, 0.3) is 0 Å². The van der Waals surface area contributed by atoms with E-state index < -0.39 is 12.2 Å². The Hall–Kier alpha value is -0.120. The van der Waals surface area contributed by atoms with Crippen molar-refractivity contribution in [2.75, 3.05) is 0 Å². The van der Waals surface area contributed by atoms with Crippen molar-refractivity contribution in [1.29, 1.82) is 0 Å². The fourth-order valence-corrected chi connectivity index (χ4v) is 1.40. The molecule has 0 heterocycles. The zero-order valence-electron chi connectivity index (χ0n) is 6.20. The highest BCUT2D eigenvalue weighted by molar-refractivity contribution is 4.85. The molecule has 1 aliphatic carbocycles. The van der Waals surface area contributed by atoms with Gasteiger partial charge in [-0.05, 0) is 18.8 Å². The molecule has 4 N–H and O–H groups in total. The van der Waals surface area contributed by atoms with Gasteiger partial charge in [-0.15, -0.1) is 0 Å². The maximum absolute atomic E-state index is 9.28. The highest BCUT2D eigenvalue weighted by atomic mass is 16.3. The second-order valence-electron chi connectivity index (χ2n) is 3.22. The third kappa shape index (κ3) is 1.48. The van der Waals surface area contributed by atoms with Crippen molar-refractivity contribution in [2.24, 2.45) is 11.7 Å². The average molecular weight is 145 g/mol. The van der Waals surface area contributed by atoms with Gasteiger partial charge < -0.3 is 15.9 Å². The molecule has 0 aromatic rings. The lowest BCUT2D eigenvalue weighted by molar-refractivity contribution is -0.00325. The molecule has 4 unspecified atom stereocenters. The summed E-state index contributed by atoms with van der Waals surface area (Å²) in [6.45, 7) is 1.92. The van der Waals surface area contributed by atoms with Gasteiger partial charge in [-0.25, -0.2) is 0 Å². The molecule has 3 nitrogen and oxygen atoms in total. The van der Waals surface area contributed by atoms with Crippen LogP contribution in [0, 0.1) is 5.92 Å². The fourth-order valence-electron chi connectivity index (χ4n) is 1.40. The second-order valence-corrected chi connectivity index (χ2v) is 3.22. The molecule has 0 aliphatic heterocycles. The van der Waals surface area contributed by atoms with E-state index in [1.165, 1.54) is 0 Å². The van der Waals surface area contributed by atoms with Crippen molar-refractivity contribution >= 4 is 0 Å². The smallest absolute Gasteiger partial charge is 0.0605 e. The summed E-state index contributed by atoms with van der Waals surface area (Å²) in [6, 6.07) is -0.0428. The Balaban J connectivity index is 2.49. The van der Waals surface area contributed by atoms with Crippen LogP contribution in [0.4, 0.5) is 0 Å². The Morgan fingerprint density at radius 1 is 1.30 bits per heavy atom. The quantitative estimate of drug-likeness (QED) is 0.429. The van der Waals surface area contributed by atoms with E-state index in [1.54, 1.807) is 0 Å². The molecule has 0 bridgehead atoms. The van der Waals surface area contributed by atoms with Gasteiger partial charge in [0, 0.05) is 6.04 Å². The number of hydrogen-bond donors (Lipinski definition) is 3. The van der Waals surface area contributed by atoms with Crippen molar-refractivity contribution < 1.29 is 10.2 Å². The van der Waals surface area contributed by atoms with Crippen molar-refractivity contribution in [1.82, 2.24) is 0 Å². The number of nitrogens with two attached hydrogens (primary N) is 1. The first-order chi connectivity index (χ1) is 4.61. The van der Waals surface area contributed by atoms with E-state index in [1.807, 2.05) is 6.92 Å². The van der Waals surface area contributed by atoms with E-state index in [0.717, 1.165) is 0 Å². The Kier molecular flexibility index (Phi) is 2.28. The average Bonchev–Trinajstić information content (AvgIpc) is 1.82. The Morgan fingerprint density at radius 3 is 2.40 bits per heavy atom. The molecule has 10 heavy (non-hydrogen) atoms. The van der Waals surface area contributed by atoms with Crippen LogP contribution in [0.2, 0.25) is 0 Å². The second kappa shape index (κ2) is 2.86. The predicted octanol–water partition coefficient (Wildman–Crippen LogP) is -0.535. The van der Waals surface area contributed by atoms with Crippen molar-refractivity contribution in [3.8, 4) is 0 Å². The first-order valence-electron chi connectivity index (χ1n) is 3.73. The van der Waals surface area contributed by atoms with Crippen LogP contribution in [0.5, 0.6) is 0 Å². The van der Waals surface area contributed by atoms with Gasteiger partial charge in [0.1, 0.15) is 0 Å². The molecule has 1 fully saturated rings. The monoisotopic (exact) mass is 145 g/mol. The normalized spacial score (nSPS) is 49.2. The molecular formula is C7H15NO2. The van der Waals surface area contributed by atoms with E-state index >= 15 is 0 Å². The van der Waals surface area contributed by atoms with E-state index in [4.69, 9.17) is 10.8 Å². The molecule has 1 rings (SSSR count). The number of aliphatic hydroxyl groups excluding tert-OH is 2. The summed E-state index contributed by atoms with van der Waals surface area (Å²) in [4.78, 5) is 0. The lowest BCUT2D eigenvalue weighted by atomic mass is 9.82. The van der Waals surface area contributed by atoms with E-state index in [9.17, 15) is 5.11 Å². The molecule has 0 saturated heterocycles. The van der Waals surface area contributed by atoms with Crippen LogP contribution in [0.1, 0.15) is 19.8 Å². The van der Waals surface area contributed by atoms with Gasteiger partial charge in [-0.3, -0.25) is 0 Å². The number of hydrogen-bond acceptors (Lipinski definition) is 3. The topological polar surface area (TPSA) is 66.5 Å². The number of aliphatic hydroxyl groups is 2. The summed E-state index contributed by atoms with van der Waals surface area (Å²) in [7, 11) is 0. The molecule has 1 saturated carbocycles. The minimum Gasteiger partial charge on any atom is -0.393 e. The van der Waals surface area contributed by atoms with Crippen LogP contribution < -0.4 is 5.73 Å². The van der Waals surface area contributed by atoms with Gasteiger partial charge >= 0.3 is 0 Å². The molecule has 0 amide bonds. The van der Waals surface area contributed by atoms with Gasteiger partial charge in [0.15, 0.2) is 0 Å². The van der Waals surface area contributed by atoms with Crippen molar-refractivity contribution in [2.45, 2.75) is 38.0 Å². The third-order valence-electron chi connectivity index (χ3n) is 2.34. The van der Waals surface area contributed by atoms with Gasteiger partial charge in [-0.2, -0.15) is 0 Å². The van der Waals surface area contributed by atoms with Gasteiger partial charge in [-0.1, -0.05) is 6.92 Å². The van der Waals surface area contributed by atoms with Crippen molar-refractivity contribution in [3.63, 3.8) is 0 Å². The minimum atomic E-state index is -0.418. The van der Waals surface area contributed by atoms with E-state index in [-0.39, 0.29) is 12.0 Å². The Morgan fingerprint density at radius 2 is 1.90 bits per heavy atom. The first kappa shape index (κ1) is 7.98. The molecule has 60 valence electrons. The molecule has 0 spiro atoms. The zero-order chi connectivity index (χ0) is 7.72. The van der Waals surface area contributed by atoms with Crippen LogP contribution >= 0.6 is 0 Å². The maximum Gasteiger partial charge on any atom is 0.0605 e. The standard InChI is InChI=1S/C7H15NO2/c1-4-6(8)2-5(9)3-7(4)10/h4-7,9-10H,2-3,8H2,1H3.